The molecule has 0 saturated heterocycles. The lowest BCUT2D eigenvalue weighted by Crippen LogP contribution is -2.30. The van der Waals surface area contributed by atoms with E-state index in [4.69, 9.17) is 16.3 Å². The molecule has 0 fully saturated rings. The van der Waals surface area contributed by atoms with Crippen molar-refractivity contribution < 1.29 is 14.3 Å². The van der Waals surface area contributed by atoms with Crippen LogP contribution in [0, 0.1) is 13.8 Å². The predicted octanol–water partition coefficient (Wildman–Crippen LogP) is 2.23. The summed E-state index contributed by atoms with van der Waals surface area (Å²) < 4.78 is 6.71. The molecular formula is C20H22ClN5O3. The fourth-order valence-corrected chi connectivity index (χ4v) is 3.27. The normalized spacial score (nSPS) is 10.9. The van der Waals surface area contributed by atoms with Gasteiger partial charge in [-0.2, -0.15) is 10.1 Å². The molecular weight excluding hydrogens is 394 g/mol. The Bertz CT molecular complexity index is 1030. The summed E-state index contributed by atoms with van der Waals surface area (Å²) in [7, 11) is 0. The van der Waals surface area contributed by atoms with Gasteiger partial charge in [0, 0.05) is 29.4 Å². The maximum absolute atomic E-state index is 12.0. The highest BCUT2D eigenvalue weighted by Crippen LogP contribution is 2.15. The van der Waals surface area contributed by atoms with E-state index in [1.54, 1.807) is 10.6 Å². The van der Waals surface area contributed by atoms with Gasteiger partial charge >= 0.3 is 5.97 Å². The summed E-state index contributed by atoms with van der Waals surface area (Å²) in [6.45, 7) is 3.92. The molecule has 3 aromatic rings. The van der Waals surface area contributed by atoms with Crippen LogP contribution in [0.4, 0.5) is 0 Å². The number of benzene rings is 1. The number of aryl methyl sites for hydroxylation is 2. The van der Waals surface area contributed by atoms with E-state index in [0.29, 0.717) is 30.2 Å². The van der Waals surface area contributed by atoms with Crippen LogP contribution in [0.2, 0.25) is 5.02 Å². The number of hydrogen-bond donors (Lipinski definition) is 1. The summed E-state index contributed by atoms with van der Waals surface area (Å²) in [5, 5.41) is 7.51. The van der Waals surface area contributed by atoms with Crippen molar-refractivity contribution in [3.05, 3.63) is 58.1 Å². The zero-order valence-corrected chi connectivity index (χ0v) is 17.1. The SMILES string of the molecule is Cc1nc2ncnn2c(C)c1CCC(=O)OCC(=O)NCCc1cccc(Cl)c1. The van der Waals surface area contributed by atoms with Gasteiger partial charge in [-0.1, -0.05) is 23.7 Å². The topological polar surface area (TPSA) is 98.5 Å². The van der Waals surface area contributed by atoms with Crippen molar-refractivity contribution in [1.29, 1.82) is 0 Å². The molecule has 0 unspecified atom stereocenters. The van der Waals surface area contributed by atoms with Crippen LogP contribution in [0.25, 0.3) is 5.78 Å². The molecule has 0 spiro atoms. The first-order chi connectivity index (χ1) is 13.9. The summed E-state index contributed by atoms with van der Waals surface area (Å²) in [6.07, 6.45) is 2.70. The van der Waals surface area contributed by atoms with Crippen LogP contribution in [-0.2, 0) is 27.2 Å². The third-order valence-corrected chi connectivity index (χ3v) is 4.79. The van der Waals surface area contributed by atoms with Crippen molar-refractivity contribution in [1.82, 2.24) is 24.9 Å². The molecule has 2 aromatic heterocycles. The fourth-order valence-electron chi connectivity index (χ4n) is 3.05. The first-order valence-corrected chi connectivity index (χ1v) is 9.64. The van der Waals surface area contributed by atoms with Crippen molar-refractivity contribution >= 4 is 29.3 Å². The molecule has 0 atom stereocenters. The number of nitrogens with zero attached hydrogens (tertiary/aromatic N) is 4. The van der Waals surface area contributed by atoms with Crippen LogP contribution < -0.4 is 5.32 Å². The maximum atomic E-state index is 12.0. The Morgan fingerprint density at radius 3 is 2.86 bits per heavy atom. The second-order valence-corrected chi connectivity index (χ2v) is 7.06. The van der Waals surface area contributed by atoms with Crippen LogP contribution >= 0.6 is 11.6 Å². The van der Waals surface area contributed by atoms with Crippen molar-refractivity contribution in [2.24, 2.45) is 0 Å². The molecule has 0 saturated carbocycles. The number of halogens is 1. The number of aromatic nitrogens is 4. The van der Waals surface area contributed by atoms with Gasteiger partial charge in [-0.3, -0.25) is 9.59 Å². The lowest BCUT2D eigenvalue weighted by molar-refractivity contribution is -0.148. The van der Waals surface area contributed by atoms with Gasteiger partial charge in [0.2, 0.25) is 0 Å². The standard InChI is InChI=1S/C20H22ClN5O3/c1-13-17(14(2)26-20(25-13)23-12-24-26)6-7-19(28)29-11-18(27)22-9-8-15-4-3-5-16(21)10-15/h3-5,10,12H,6-9,11H2,1-2H3,(H,22,27). The van der Waals surface area contributed by atoms with Crippen molar-refractivity contribution in [2.75, 3.05) is 13.2 Å². The second-order valence-electron chi connectivity index (χ2n) is 6.62. The summed E-state index contributed by atoms with van der Waals surface area (Å²) in [6, 6.07) is 7.45. The van der Waals surface area contributed by atoms with E-state index in [-0.39, 0.29) is 18.9 Å². The highest BCUT2D eigenvalue weighted by atomic mass is 35.5. The number of hydrogen-bond acceptors (Lipinski definition) is 6. The second kappa shape index (κ2) is 9.47. The van der Waals surface area contributed by atoms with E-state index in [1.807, 2.05) is 32.0 Å². The molecule has 0 aliphatic rings. The number of carbonyl (C=O) groups excluding carboxylic acids is 2. The molecule has 9 heteroatoms. The molecule has 29 heavy (non-hydrogen) atoms. The van der Waals surface area contributed by atoms with E-state index in [2.05, 4.69) is 20.4 Å². The first kappa shape index (κ1) is 20.7. The number of fused-ring (bicyclic) bond motifs is 1. The minimum atomic E-state index is -0.438. The molecule has 152 valence electrons. The van der Waals surface area contributed by atoms with Crippen molar-refractivity contribution in [2.45, 2.75) is 33.1 Å². The van der Waals surface area contributed by atoms with E-state index in [0.717, 1.165) is 22.5 Å². The first-order valence-electron chi connectivity index (χ1n) is 9.26. The predicted molar refractivity (Wildman–Crippen MR) is 108 cm³/mol. The van der Waals surface area contributed by atoms with Crippen LogP contribution in [0.1, 0.15) is 28.9 Å². The van der Waals surface area contributed by atoms with Gasteiger partial charge < -0.3 is 10.1 Å². The molecule has 0 radical (unpaired) electrons. The van der Waals surface area contributed by atoms with Crippen LogP contribution in [-0.4, -0.2) is 44.6 Å². The summed E-state index contributed by atoms with van der Waals surface area (Å²) in [5.41, 5.74) is 3.63. The molecule has 0 aliphatic heterocycles. The van der Waals surface area contributed by atoms with Gasteiger partial charge in [-0.05, 0) is 49.9 Å². The zero-order valence-electron chi connectivity index (χ0n) is 16.3. The quantitative estimate of drug-likeness (QED) is 0.566. The lowest BCUT2D eigenvalue weighted by atomic mass is 10.1. The largest absolute Gasteiger partial charge is 0.456 e. The van der Waals surface area contributed by atoms with Crippen LogP contribution in [0.15, 0.2) is 30.6 Å². The number of amides is 1. The van der Waals surface area contributed by atoms with Gasteiger partial charge in [0.15, 0.2) is 6.61 Å². The maximum Gasteiger partial charge on any atom is 0.306 e. The monoisotopic (exact) mass is 415 g/mol. The van der Waals surface area contributed by atoms with Gasteiger partial charge in [-0.15, -0.1) is 0 Å². The summed E-state index contributed by atoms with van der Waals surface area (Å²) in [5.74, 6) is -0.244. The molecule has 0 bridgehead atoms. The Morgan fingerprint density at radius 1 is 1.24 bits per heavy atom. The fraction of sp³-hybridized carbons (Fsp3) is 0.350. The Hall–Kier alpha value is -3.00. The number of nitrogens with one attached hydrogen (secondary N) is 1. The molecule has 8 nitrogen and oxygen atoms in total. The minimum absolute atomic E-state index is 0.152. The smallest absolute Gasteiger partial charge is 0.306 e. The van der Waals surface area contributed by atoms with Crippen LogP contribution in [0.3, 0.4) is 0 Å². The average molecular weight is 416 g/mol. The Morgan fingerprint density at radius 2 is 2.07 bits per heavy atom. The van der Waals surface area contributed by atoms with Crippen molar-refractivity contribution in [3.63, 3.8) is 0 Å². The molecule has 2 heterocycles. The van der Waals surface area contributed by atoms with E-state index in [9.17, 15) is 9.59 Å². The van der Waals surface area contributed by atoms with Gasteiger partial charge in [0.1, 0.15) is 6.33 Å². The number of carbonyl (C=O) groups is 2. The number of rotatable bonds is 8. The molecule has 1 aromatic carbocycles. The van der Waals surface area contributed by atoms with E-state index in [1.165, 1.54) is 6.33 Å². The third-order valence-electron chi connectivity index (χ3n) is 4.56. The van der Waals surface area contributed by atoms with Gasteiger partial charge in [0.25, 0.3) is 11.7 Å². The average Bonchev–Trinajstić information content (AvgIpc) is 3.15. The highest BCUT2D eigenvalue weighted by molar-refractivity contribution is 6.30. The minimum Gasteiger partial charge on any atom is -0.456 e. The molecule has 0 aliphatic carbocycles. The van der Waals surface area contributed by atoms with E-state index < -0.39 is 5.97 Å². The summed E-state index contributed by atoms with van der Waals surface area (Å²) in [4.78, 5) is 32.3. The Balaban J connectivity index is 1.41. The van der Waals surface area contributed by atoms with Crippen molar-refractivity contribution in [3.8, 4) is 0 Å². The zero-order chi connectivity index (χ0) is 20.8. The van der Waals surface area contributed by atoms with E-state index >= 15 is 0 Å². The highest BCUT2D eigenvalue weighted by Gasteiger charge is 2.14. The molecule has 3 rings (SSSR count). The van der Waals surface area contributed by atoms with Gasteiger partial charge in [0.05, 0.1) is 0 Å². The molecule has 1 amide bonds. The summed E-state index contributed by atoms with van der Waals surface area (Å²) >= 11 is 5.93. The number of ether oxygens (including phenoxy) is 1. The lowest BCUT2D eigenvalue weighted by Gasteiger charge is -2.10. The molecule has 1 N–H and O–H groups in total. The van der Waals surface area contributed by atoms with Crippen LogP contribution in [0.5, 0.6) is 0 Å². The third kappa shape index (κ3) is 5.51. The number of esters is 1. The van der Waals surface area contributed by atoms with Gasteiger partial charge in [-0.25, -0.2) is 9.50 Å². The Kier molecular flexibility index (Phi) is 6.77. The Labute approximate surface area is 173 Å².